The van der Waals surface area contributed by atoms with Gasteiger partial charge in [0.15, 0.2) is 0 Å². The largest absolute Gasteiger partial charge is 0.319 e. The number of halogens is 1. The number of rotatable bonds is 4. The fourth-order valence-electron chi connectivity index (χ4n) is 3.48. The molecule has 3 heteroatoms. The van der Waals surface area contributed by atoms with Gasteiger partial charge in [-0.15, -0.1) is 0 Å². The highest BCUT2D eigenvalue weighted by atomic mass is 35.5. The predicted octanol–water partition coefficient (Wildman–Crippen LogP) is 4.11. The van der Waals surface area contributed by atoms with Crippen LogP contribution in [0.4, 0.5) is 0 Å². The van der Waals surface area contributed by atoms with Gasteiger partial charge >= 0.3 is 0 Å². The Morgan fingerprint density at radius 1 is 1.35 bits per heavy atom. The third kappa shape index (κ3) is 3.75. The molecule has 1 aliphatic rings. The maximum atomic E-state index is 6.22. The van der Waals surface area contributed by atoms with E-state index in [9.17, 15) is 0 Å². The first-order chi connectivity index (χ1) is 9.63. The van der Waals surface area contributed by atoms with Crippen molar-refractivity contribution in [3.05, 3.63) is 34.9 Å². The Kier molecular flexibility index (Phi) is 5.88. The molecule has 2 nitrogen and oxygen atoms in total. The van der Waals surface area contributed by atoms with Crippen molar-refractivity contribution < 1.29 is 0 Å². The van der Waals surface area contributed by atoms with Gasteiger partial charge in [0, 0.05) is 17.1 Å². The molecule has 2 atom stereocenters. The summed E-state index contributed by atoms with van der Waals surface area (Å²) >= 11 is 6.22. The fraction of sp³-hybridized carbons (Fsp3) is 0.647. The summed E-state index contributed by atoms with van der Waals surface area (Å²) in [6.07, 6.45) is 3.92. The Balaban J connectivity index is 2.36. The van der Waals surface area contributed by atoms with Crippen molar-refractivity contribution in [3.63, 3.8) is 0 Å². The molecule has 1 saturated heterocycles. The molecular weight excluding hydrogens is 268 g/mol. The van der Waals surface area contributed by atoms with Crippen LogP contribution in [0.5, 0.6) is 0 Å². The van der Waals surface area contributed by atoms with Gasteiger partial charge < -0.3 is 5.32 Å². The molecule has 1 fully saturated rings. The lowest BCUT2D eigenvalue weighted by Crippen LogP contribution is -2.40. The van der Waals surface area contributed by atoms with Crippen LogP contribution in [0, 0.1) is 5.92 Å². The molecule has 2 unspecified atom stereocenters. The van der Waals surface area contributed by atoms with Gasteiger partial charge in [-0.2, -0.15) is 0 Å². The second-order valence-electron chi connectivity index (χ2n) is 6.14. The molecular formula is C17H27ClN2. The van der Waals surface area contributed by atoms with Crippen molar-refractivity contribution in [2.45, 2.75) is 45.2 Å². The molecule has 0 aromatic heterocycles. The molecule has 1 aromatic rings. The summed E-state index contributed by atoms with van der Waals surface area (Å²) in [5.74, 6) is 0.656. The van der Waals surface area contributed by atoms with Gasteiger partial charge in [-0.3, -0.25) is 4.90 Å². The third-order valence-corrected chi connectivity index (χ3v) is 4.60. The molecule has 112 valence electrons. The van der Waals surface area contributed by atoms with E-state index in [1.165, 1.54) is 31.4 Å². The first kappa shape index (κ1) is 15.8. The highest BCUT2D eigenvalue weighted by molar-refractivity contribution is 6.30. The van der Waals surface area contributed by atoms with E-state index in [4.69, 9.17) is 11.6 Å². The SMILES string of the molecule is CNCC1CCCCN(C(C)C)C1c1cccc(Cl)c1. The average Bonchev–Trinajstić information content (AvgIpc) is 2.61. The van der Waals surface area contributed by atoms with Crippen LogP contribution in [0.3, 0.4) is 0 Å². The van der Waals surface area contributed by atoms with Crippen LogP contribution in [-0.4, -0.2) is 31.1 Å². The Hall–Kier alpha value is -0.570. The Morgan fingerprint density at radius 3 is 2.80 bits per heavy atom. The number of nitrogens with one attached hydrogen (secondary N) is 1. The van der Waals surface area contributed by atoms with Crippen molar-refractivity contribution in [1.29, 1.82) is 0 Å². The van der Waals surface area contributed by atoms with E-state index in [0.29, 0.717) is 18.0 Å². The minimum atomic E-state index is 0.476. The zero-order valence-corrected chi connectivity index (χ0v) is 13.7. The normalized spacial score (nSPS) is 24.9. The van der Waals surface area contributed by atoms with Gasteiger partial charge in [-0.05, 0) is 70.4 Å². The average molecular weight is 295 g/mol. The number of likely N-dealkylation sites (tertiary alicyclic amines) is 1. The Labute approximate surface area is 128 Å². The Bertz CT molecular complexity index is 419. The number of hydrogen-bond donors (Lipinski definition) is 1. The number of nitrogens with zero attached hydrogens (tertiary/aromatic N) is 1. The molecule has 1 aromatic carbocycles. The van der Waals surface area contributed by atoms with Gasteiger partial charge in [0.1, 0.15) is 0 Å². The first-order valence-corrected chi connectivity index (χ1v) is 8.17. The van der Waals surface area contributed by atoms with E-state index in [1.54, 1.807) is 0 Å². The minimum absolute atomic E-state index is 0.476. The molecule has 20 heavy (non-hydrogen) atoms. The summed E-state index contributed by atoms with van der Waals surface area (Å²) in [6.45, 7) is 6.87. The maximum absolute atomic E-state index is 6.22. The highest BCUT2D eigenvalue weighted by Gasteiger charge is 2.32. The molecule has 1 N–H and O–H groups in total. The molecule has 0 bridgehead atoms. The van der Waals surface area contributed by atoms with Gasteiger partial charge in [0.2, 0.25) is 0 Å². The third-order valence-electron chi connectivity index (χ3n) is 4.36. The van der Waals surface area contributed by atoms with Crippen molar-refractivity contribution in [3.8, 4) is 0 Å². The second kappa shape index (κ2) is 7.44. The van der Waals surface area contributed by atoms with Crippen LogP contribution >= 0.6 is 11.6 Å². The fourth-order valence-corrected chi connectivity index (χ4v) is 3.68. The summed E-state index contributed by atoms with van der Waals surface area (Å²) < 4.78 is 0. The summed E-state index contributed by atoms with van der Waals surface area (Å²) in [5.41, 5.74) is 1.37. The predicted molar refractivity (Wildman–Crippen MR) is 87.3 cm³/mol. The van der Waals surface area contributed by atoms with E-state index in [1.807, 2.05) is 6.07 Å². The van der Waals surface area contributed by atoms with Gasteiger partial charge in [-0.1, -0.05) is 30.2 Å². The summed E-state index contributed by atoms with van der Waals surface area (Å²) in [7, 11) is 2.06. The molecule has 1 heterocycles. The van der Waals surface area contributed by atoms with Crippen molar-refractivity contribution in [2.24, 2.45) is 5.92 Å². The lowest BCUT2D eigenvalue weighted by Gasteiger charge is -2.38. The zero-order chi connectivity index (χ0) is 14.5. The van der Waals surface area contributed by atoms with Crippen LogP contribution in [0.1, 0.15) is 44.7 Å². The first-order valence-electron chi connectivity index (χ1n) is 7.79. The summed E-state index contributed by atoms with van der Waals surface area (Å²) in [6, 6.07) is 9.47. The lowest BCUT2D eigenvalue weighted by molar-refractivity contribution is 0.118. The van der Waals surface area contributed by atoms with Crippen molar-refractivity contribution in [2.75, 3.05) is 20.1 Å². The second-order valence-corrected chi connectivity index (χ2v) is 6.58. The Morgan fingerprint density at radius 2 is 2.15 bits per heavy atom. The lowest BCUT2D eigenvalue weighted by atomic mass is 9.88. The molecule has 0 saturated carbocycles. The van der Waals surface area contributed by atoms with E-state index >= 15 is 0 Å². The van der Waals surface area contributed by atoms with E-state index < -0.39 is 0 Å². The molecule has 2 rings (SSSR count). The molecule has 0 aliphatic carbocycles. The minimum Gasteiger partial charge on any atom is -0.319 e. The van der Waals surface area contributed by atoms with Gasteiger partial charge in [0.25, 0.3) is 0 Å². The quantitative estimate of drug-likeness (QED) is 0.899. The topological polar surface area (TPSA) is 15.3 Å². The van der Waals surface area contributed by atoms with Crippen LogP contribution in [0.2, 0.25) is 5.02 Å². The highest BCUT2D eigenvalue weighted by Crippen LogP contribution is 2.36. The van der Waals surface area contributed by atoms with Crippen LogP contribution in [-0.2, 0) is 0 Å². The number of hydrogen-bond acceptors (Lipinski definition) is 2. The van der Waals surface area contributed by atoms with E-state index in [0.717, 1.165) is 11.6 Å². The standard InChI is InChI=1S/C17H27ClN2/c1-13(2)20-10-5-4-7-15(12-19-3)17(20)14-8-6-9-16(18)11-14/h6,8-9,11,13,15,17,19H,4-5,7,10,12H2,1-3H3. The van der Waals surface area contributed by atoms with Crippen molar-refractivity contribution in [1.82, 2.24) is 10.2 Å². The summed E-state index contributed by atoms with van der Waals surface area (Å²) in [4.78, 5) is 2.65. The maximum Gasteiger partial charge on any atom is 0.0409 e. The van der Waals surface area contributed by atoms with Crippen LogP contribution < -0.4 is 5.32 Å². The monoisotopic (exact) mass is 294 g/mol. The van der Waals surface area contributed by atoms with Crippen LogP contribution in [0.25, 0.3) is 0 Å². The zero-order valence-electron chi connectivity index (χ0n) is 12.9. The van der Waals surface area contributed by atoms with Crippen molar-refractivity contribution >= 4 is 11.6 Å². The van der Waals surface area contributed by atoms with Gasteiger partial charge in [0.05, 0.1) is 0 Å². The molecule has 0 amide bonds. The smallest absolute Gasteiger partial charge is 0.0409 e. The van der Waals surface area contributed by atoms with Crippen LogP contribution in [0.15, 0.2) is 24.3 Å². The van der Waals surface area contributed by atoms with Gasteiger partial charge in [-0.25, -0.2) is 0 Å². The van der Waals surface area contributed by atoms with E-state index in [-0.39, 0.29) is 0 Å². The molecule has 0 spiro atoms. The molecule has 0 radical (unpaired) electrons. The molecule has 1 aliphatic heterocycles. The van der Waals surface area contributed by atoms with E-state index in [2.05, 4.69) is 49.3 Å². The number of benzene rings is 1. The summed E-state index contributed by atoms with van der Waals surface area (Å²) in [5, 5.41) is 4.23.